The third kappa shape index (κ3) is 5.55. The highest BCUT2D eigenvalue weighted by molar-refractivity contribution is 14.0. The van der Waals surface area contributed by atoms with E-state index in [1.165, 1.54) is 5.56 Å². The lowest BCUT2D eigenvalue weighted by Crippen LogP contribution is -2.22. The molecule has 0 amide bonds. The highest BCUT2D eigenvalue weighted by Crippen LogP contribution is 2.33. The minimum Gasteiger partial charge on any atom is -0.493 e. The van der Waals surface area contributed by atoms with Gasteiger partial charge in [0.15, 0.2) is 17.5 Å². The van der Waals surface area contributed by atoms with E-state index in [1.807, 2.05) is 43.3 Å². The monoisotopic (exact) mass is 505 g/mol. The van der Waals surface area contributed by atoms with Crippen molar-refractivity contribution in [3.8, 4) is 11.5 Å². The number of anilines is 1. The second kappa shape index (κ2) is 9.73. The molecular weight excluding hydrogens is 485 g/mol. The molecule has 130 valence electrons. The largest absolute Gasteiger partial charge is 0.493 e. The molecule has 0 saturated carbocycles. The molecule has 24 heavy (non-hydrogen) atoms. The summed E-state index contributed by atoms with van der Waals surface area (Å²) in [5.74, 6) is 1.68. The van der Waals surface area contributed by atoms with Crippen molar-refractivity contribution < 1.29 is 9.47 Å². The summed E-state index contributed by atoms with van der Waals surface area (Å²) < 4.78 is 11.5. The van der Waals surface area contributed by atoms with E-state index in [1.54, 1.807) is 14.2 Å². The van der Waals surface area contributed by atoms with Gasteiger partial charge >= 0.3 is 0 Å². The molecular formula is C17H21BrIN3O2. The molecule has 0 aliphatic rings. The Morgan fingerprint density at radius 2 is 1.71 bits per heavy atom. The summed E-state index contributed by atoms with van der Waals surface area (Å²) in [6.07, 6.45) is 0. The predicted octanol–water partition coefficient (Wildman–Crippen LogP) is 4.32. The van der Waals surface area contributed by atoms with Gasteiger partial charge < -0.3 is 20.5 Å². The molecule has 2 aromatic rings. The van der Waals surface area contributed by atoms with E-state index in [4.69, 9.17) is 15.2 Å². The van der Waals surface area contributed by atoms with Gasteiger partial charge in [0, 0.05) is 10.2 Å². The second-order valence-electron chi connectivity index (χ2n) is 4.99. The zero-order valence-electron chi connectivity index (χ0n) is 13.8. The molecule has 0 unspecified atom stereocenters. The topological polar surface area (TPSA) is 68.9 Å². The number of aryl methyl sites for hydroxylation is 1. The quantitative estimate of drug-likeness (QED) is 0.360. The van der Waals surface area contributed by atoms with Crippen molar-refractivity contribution in [2.45, 2.75) is 13.5 Å². The molecule has 0 fully saturated rings. The number of nitrogens with one attached hydrogen (secondary N) is 1. The molecule has 0 atom stereocenters. The van der Waals surface area contributed by atoms with Gasteiger partial charge in [0.1, 0.15) is 0 Å². The number of guanidine groups is 1. The highest BCUT2D eigenvalue weighted by atomic mass is 127. The van der Waals surface area contributed by atoms with Crippen LogP contribution in [-0.4, -0.2) is 20.2 Å². The normalized spacial score (nSPS) is 10.8. The van der Waals surface area contributed by atoms with Gasteiger partial charge in [0.2, 0.25) is 0 Å². The molecule has 0 spiro atoms. The Kier molecular flexibility index (Phi) is 8.34. The van der Waals surface area contributed by atoms with Crippen LogP contribution < -0.4 is 20.5 Å². The number of rotatable bonds is 5. The Morgan fingerprint density at radius 1 is 1.12 bits per heavy atom. The lowest BCUT2D eigenvalue weighted by molar-refractivity contribution is 0.354. The number of benzene rings is 2. The van der Waals surface area contributed by atoms with Crippen LogP contribution in [0.25, 0.3) is 0 Å². The average Bonchev–Trinajstić information content (AvgIpc) is 2.55. The zero-order chi connectivity index (χ0) is 16.8. The van der Waals surface area contributed by atoms with Gasteiger partial charge in [-0.25, -0.2) is 4.99 Å². The van der Waals surface area contributed by atoms with Crippen molar-refractivity contribution in [2.24, 2.45) is 10.7 Å². The number of nitrogens with zero attached hydrogens (tertiary/aromatic N) is 1. The lowest BCUT2D eigenvalue weighted by Gasteiger charge is -2.11. The maximum Gasteiger partial charge on any atom is 0.193 e. The second-order valence-corrected chi connectivity index (χ2v) is 5.85. The van der Waals surface area contributed by atoms with Gasteiger partial charge in [-0.3, -0.25) is 0 Å². The summed E-state index contributed by atoms with van der Waals surface area (Å²) in [4.78, 5) is 4.36. The number of methoxy groups -OCH3 is 2. The molecule has 0 saturated heterocycles. The Morgan fingerprint density at radius 3 is 2.29 bits per heavy atom. The van der Waals surface area contributed by atoms with Crippen molar-refractivity contribution in [3.63, 3.8) is 0 Å². The van der Waals surface area contributed by atoms with Gasteiger partial charge in [0.25, 0.3) is 0 Å². The molecule has 3 N–H and O–H groups in total. The molecule has 5 nitrogen and oxygen atoms in total. The van der Waals surface area contributed by atoms with Crippen LogP contribution >= 0.6 is 39.9 Å². The highest BCUT2D eigenvalue weighted by Gasteiger charge is 2.09. The van der Waals surface area contributed by atoms with E-state index in [2.05, 4.69) is 26.2 Å². The molecule has 0 aliphatic carbocycles. The van der Waals surface area contributed by atoms with E-state index in [0.717, 1.165) is 15.7 Å². The maximum absolute atomic E-state index is 5.94. The Hall–Kier alpha value is -1.48. The molecule has 0 aliphatic heterocycles. The standard InChI is InChI=1S/C17H20BrN3O2.HI/c1-11-4-6-13(7-5-11)21-17(19)20-10-12-8-15(22-2)16(23-3)9-14(12)18;/h4-9H,10H2,1-3H3,(H3,19,20,21);1H. The number of aliphatic imine (C=N–C) groups is 1. The summed E-state index contributed by atoms with van der Waals surface area (Å²) in [6, 6.07) is 11.7. The first-order valence-corrected chi connectivity index (χ1v) is 7.86. The Labute approximate surface area is 167 Å². The first-order valence-electron chi connectivity index (χ1n) is 7.07. The van der Waals surface area contributed by atoms with Crippen LogP contribution in [0.5, 0.6) is 11.5 Å². The number of hydrogen-bond donors (Lipinski definition) is 2. The van der Waals surface area contributed by atoms with Crippen LogP contribution in [0.15, 0.2) is 45.9 Å². The van der Waals surface area contributed by atoms with E-state index in [0.29, 0.717) is 24.0 Å². The number of halogens is 2. The van der Waals surface area contributed by atoms with Gasteiger partial charge in [-0.05, 0) is 36.8 Å². The fourth-order valence-electron chi connectivity index (χ4n) is 2.01. The summed E-state index contributed by atoms with van der Waals surface area (Å²) in [7, 11) is 3.21. The first-order chi connectivity index (χ1) is 11.0. The van der Waals surface area contributed by atoms with Crippen LogP contribution in [0.4, 0.5) is 5.69 Å². The van der Waals surface area contributed by atoms with Crippen LogP contribution in [0.2, 0.25) is 0 Å². The van der Waals surface area contributed by atoms with E-state index in [9.17, 15) is 0 Å². The molecule has 0 heterocycles. The third-order valence-corrected chi connectivity index (χ3v) is 4.03. The minimum atomic E-state index is 0. The number of hydrogen-bond acceptors (Lipinski definition) is 3. The van der Waals surface area contributed by atoms with Gasteiger partial charge in [-0.1, -0.05) is 33.6 Å². The molecule has 0 bridgehead atoms. The van der Waals surface area contributed by atoms with E-state index < -0.39 is 0 Å². The van der Waals surface area contributed by atoms with Crippen LogP contribution in [0.3, 0.4) is 0 Å². The van der Waals surface area contributed by atoms with Crippen molar-refractivity contribution in [1.82, 2.24) is 0 Å². The molecule has 2 rings (SSSR count). The van der Waals surface area contributed by atoms with E-state index in [-0.39, 0.29) is 24.0 Å². The molecule has 0 aromatic heterocycles. The molecule has 7 heteroatoms. The van der Waals surface area contributed by atoms with Crippen molar-refractivity contribution in [3.05, 3.63) is 52.0 Å². The summed E-state index contributed by atoms with van der Waals surface area (Å²) in [6.45, 7) is 2.46. The van der Waals surface area contributed by atoms with E-state index >= 15 is 0 Å². The molecule has 2 aromatic carbocycles. The average molecular weight is 506 g/mol. The summed E-state index contributed by atoms with van der Waals surface area (Å²) >= 11 is 3.51. The molecule has 0 radical (unpaired) electrons. The smallest absolute Gasteiger partial charge is 0.193 e. The third-order valence-electron chi connectivity index (χ3n) is 3.30. The predicted molar refractivity (Wildman–Crippen MR) is 113 cm³/mol. The first kappa shape index (κ1) is 20.6. The van der Waals surface area contributed by atoms with Crippen LogP contribution in [-0.2, 0) is 6.54 Å². The van der Waals surface area contributed by atoms with Crippen molar-refractivity contribution in [2.75, 3.05) is 19.5 Å². The number of ether oxygens (including phenoxy) is 2. The summed E-state index contributed by atoms with van der Waals surface area (Å²) in [5.41, 5.74) is 8.99. The van der Waals surface area contributed by atoms with Gasteiger partial charge in [-0.15, -0.1) is 24.0 Å². The van der Waals surface area contributed by atoms with Crippen LogP contribution in [0.1, 0.15) is 11.1 Å². The lowest BCUT2D eigenvalue weighted by atomic mass is 10.2. The Balaban J connectivity index is 0.00000288. The van der Waals surface area contributed by atoms with Gasteiger partial charge in [-0.2, -0.15) is 0 Å². The fraction of sp³-hybridized carbons (Fsp3) is 0.235. The maximum atomic E-state index is 5.94. The fourth-order valence-corrected chi connectivity index (χ4v) is 2.46. The van der Waals surface area contributed by atoms with Crippen molar-refractivity contribution in [1.29, 1.82) is 0 Å². The van der Waals surface area contributed by atoms with Crippen molar-refractivity contribution >= 4 is 51.6 Å². The summed E-state index contributed by atoms with van der Waals surface area (Å²) in [5, 5.41) is 3.07. The Bertz CT molecular complexity index is 706. The zero-order valence-corrected chi connectivity index (χ0v) is 17.7. The number of nitrogens with two attached hydrogens (primary N) is 1. The minimum absolute atomic E-state index is 0. The van der Waals surface area contributed by atoms with Gasteiger partial charge in [0.05, 0.1) is 20.8 Å². The SMILES string of the molecule is COc1cc(Br)c(CN=C(N)Nc2ccc(C)cc2)cc1OC.I. The van der Waals surface area contributed by atoms with Crippen LogP contribution in [0, 0.1) is 6.92 Å².